The van der Waals surface area contributed by atoms with Crippen LogP contribution in [0.25, 0.3) is 0 Å². The van der Waals surface area contributed by atoms with Gasteiger partial charge >= 0.3 is 0 Å². The van der Waals surface area contributed by atoms with E-state index in [1.54, 1.807) is 12.3 Å². The highest BCUT2D eigenvalue weighted by atomic mass is 79.9. The molecule has 13 heavy (non-hydrogen) atoms. The van der Waals surface area contributed by atoms with E-state index in [0.717, 1.165) is 6.42 Å². The van der Waals surface area contributed by atoms with Crippen molar-refractivity contribution >= 4 is 15.9 Å². The van der Waals surface area contributed by atoms with Crippen LogP contribution in [0.5, 0.6) is 5.75 Å². The highest BCUT2D eigenvalue weighted by Gasteiger charge is 2.07. The highest BCUT2D eigenvalue weighted by Crippen LogP contribution is 2.23. The van der Waals surface area contributed by atoms with Crippen molar-refractivity contribution in [1.29, 1.82) is 5.26 Å². The van der Waals surface area contributed by atoms with E-state index in [9.17, 15) is 0 Å². The topological polar surface area (TPSA) is 45.9 Å². The lowest BCUT2D eigenvalue weighted by molar-refractivity contribution is 0.316. The van der Waals surface area contributed by atoms with Crippen molar-refractivity contribution in [2.75, 3.05) is 6.61 Å². The highest BCUT2D eigenvalue weighted by molar-refractivity contribution is 9.10. The van der Waals surface area contributed by atoms with Crippen LogP contribution in [0.4, 0.5) is 0 Å². The van der Waals surface area contributed by atoms with Crippen molar-refractivity contribution in [3.63, 3.8) is 0 Å². The maximum Gasteiger partial charge on any atom is 0.141 e. The van der Waals surface area contributed by atoms with Gasteiger partial charge in [0.1, 0.15) is 22.0 Å². The van der Waals surface area contributed by atoms with Crippen LogP contribution >= 0.6 is 15.9 Å². The van der Waals surface area contributed by atoms with Crippen LogP contribution in [-0.2, 0) is 0 Å². The average molecular weight is 241 g/mol. The molecule has 0 fully saturated rings. The SMILES string of the molecule is CCCOc1ccnc(Br)c1C#N. The fourth-order valence-corrected chi connectivity index (χ4v) is 1.26. The number of nitrogens with zero attached hydrogens (tertiary/aromatic N) is 2. The maximum atomic E-state index is 8.80. The van der Waals surface area contributed by atoms with Crippen LogP contribution in [0.3, 0.4) is 0 Å². The van der Waals surface area contributed by atoms with E-state index in [1.165, 1.54) is 0 Å². The van der Waals surface area contributed by atoms with Gasteiger partial charge in [-0.25, -0.2) is 4.98 Å². The Labute approximate surface area is 85.5 Å². The molecule has 68 valence electrons. The third kappa shape index (κ3) is 2.43. The number of nitriles is 1. The number of ether oxygens (including phenoxy) is 1. The molecule has 0 spiro atoms. The lowest BCUT2D eigenvalue weighted by atomic mass is 10.3. The quantitative estimate of drug-likeness (QED) is 0.763. The molecule has 0 saturated carbocycles. The molecule has 0 aliphatic carbocycles. The summed E-state index contributed by atoms with van der Waals surface area (Å²) < 4.78 is 5.90. The second kappa shape index (κ2) is 4.83. The fourth-order valence-electron chi connectivity index (χ4n) is 0.853. The first-order valence-electron chi connectivity index (χ1n) is 3.97. The number of hydrogen-bond donors (Lipinski definition) is 0. The van der Waals surface area contributed by atoms with Crippen LogP contribution in [0.15, 0.2) is 16.9 Å². The number of halogens is 1. The monoisotopic (exact) mass is 240 g/mol. The third-order valence-corrected chi connectivity index (χ3v) is 2.04. The van der Waals surface area contributed by atoms with Crippen molar-refractivity contribution in [2.24, 2.45) is 0 Å². The van der Waals surface area contributed by atoms with E-state index in [4.69, 9.17) is 10.00 Å². The smallest absolute Gasteiger partial charge is 0.141 e. The van der Waals surface area contributed by atoms with Gasteiger partial charge in [0.05, 0.1) is 6.61 Å². The van der Waals surface area contributed by atoms with Crippen molar-refractivity contribution in [3.8, 4) is 11.8 Å². The Bertz CT molecular complexity index is 333. The van der Waals surface area contributed by atoms with Gasteiger partial charge in [-0.1, -0.05) is 6.92 Å². The molecule has 0 radical (unpaired) electrons. The van der Waals surface area contributed by atoms with Crippen LogP contribution in [0.2, 0.25) is 0 Å². The fraction of sp³-hybridized carbons (Fsp3) is 0.333. The van der Waals surface area contributed by atoms with Crippen molar-refractivity contribution in [2.45, 2.75) is 13.3 Å². The van der Waals surface area contributed by atoms with Crippen LogP contribution in [0, 0.1) is 11.3 Å². The molecule has 1 rings (SSSR count). The molecular weight excluding hydrogens is 232 g/mol. The summed E-state index contributed by atoms with van der Waals surface area (Å²) in [5.74, 6) is 0.589. The van der Waals surface area contributed by atoms with E-state index in [-0.39, 0.29) is 0 Å². The average Bonchev–Trinajstić information content (AvgIpc) is 2.15. The van der Waals surface area contributed by atoms with E-state index in [2.05, 4.69) is 20.9 Å². The molecule has 0 atom stereocenters. The van der Waals surface area contributed by atoms with Gasteiger partial charge in [-0.05, 0) is 28.4 Å². The number of rotatable bonds is 3. The van der Waals surface area contributed by atoms with Gasteiger partial charge in [0.2, 0.25) is 0 Å². The minimum atomic E-state index is 0.455. The van der Waals surface area contributed by atoms with E-state index >= 15 is 0 Å². The first-order chi connectivity index (χ1) is 6.29. The van der Waals surface area contributed by atoms with E-state index < -0.39 is 0 Å². The zero-order valence-corrected chi connectivity index (χ0v) is 8.84. The Balaban J connectivity index is 2.93. The van der Waals surface area contributed by atoms with Crippen molar-refractivity contribution < 1.29 is 4.74 Å². The largest absolute Gasteiger partial charge is 0.492 e. The minimum absolute atomic E-state index is 0.455. The predicted octanol–water partition coefficient (Wildman–Crippen LogP) is 2.50. The Morgan fingerprint density at radius 3 is 3.08 bits per heavy atom. The van der Waals surface area contributed by atoms with Gasteiger partial charge in [0.15, 0.2) is 0 Å². The number of hydrogen-bond acceptors (Lipinski definition) is 3. The number of aromatic nitrogens is 1. The summed E-state index contributed by atoms with van der Waals surface area (Å²) in [5, 5.41) is 8.80. The maximum absolute atomic E-state index is 8.80. The molecule has 0 bridgehead atoms. The Hall–Kier alpha value is -1.08. The summed E-state index contributed by atoms with van der Waals surface area (Å²) >= 11 is 3.19. The van der Waals surface area contributed by atoms with Gasteiger partial charge in [-0.3, -0.25) is 0 Å². The summed E-state index contributed by atoms with van der Waals surface area (Å²) in [5.41, 5.74) is 0.455. The lowest BCUT2D eigenvalue weighted by Crippen LogP contribution is -1.98. The zero-order chi connectivity index (χ0) is 9.68. The second-order valence-electron chi connectivity index (χ2n) is 2.44. The molecule has 0 saturated heterocycles. The second-order valence-corrected chi connectivity index (χ2v) is 3.19. The van der Waals surface area contributed by atoms with Crippen molar-refractivity contribution in [3.05, 3.63) is 22.4 Å². The van der Waals surface area contributed by atoms with Crippen LogP contribution < -0.4 is 4.74 Å². The molecule has 0 aliphatic rings. The molecule has 0 unspecified atom stereocenters. The van der Waals surface area contributed by atoms with Crippen molar-refractivity contribution in [1.82, 2.24) is 4.98 Å². The van der Waals surface area contributed by atoms with Crippen LogP contribution in [0.1, 0.15) is 18.9 Å². The lowest BCUT2D eigenvalue weighted by Gasteiger charge is -2.06. The number of pyridine rings is 1. The molecule has 0 N–H and O–H groups in total. The Morgan fingerprint density at radius 1 is 1.69 bits per heavy atom. The van der Waals surface area contributed by atoms with Crippen LogP contribution in [-0.4, -0.2) is 11.6 Å². The Kier molecular flexibility index (Phi) is 3.71. The molecular formula is C9H9BrN2O. The molecule has 3 nitrogen and oxygen atoms in total. The Morgan fingerprint density at radius 2 is 2.46 bits per heavy atom. The molecule has 1 aromatic heterocycles. The predicted molar refractivity (Wildman–Crippen MR) is 52.4 cm³/mol. The molecule has 1 heterocycles. The summed E-state index contributed by atoms with van der Waals surface area (Å²) in [4.78, 5) is 3.93. The zero-order valence-electron chi connectivity index (χ0n) is 7.25. The first kappa shape index (κ1) is 10.0. The van der Waals surface area contributed by atoms with E-state index in [1.807, 2.05) is 13.0 Å². The molecule has 1 aromatic rings. The van der Waals surface area contributed by atoms with Gasteiger partial charge in [0.25, 0.3) is 0 Å². The molecule has 0 amide bonds. The summed E-state index contributed by atoms with van der Waals surface area (Å²) in [6, 6.07) is 3.73. The minimum Gasteiger partial charge on any atom is -0.492 e. The van der Waals surface area contributed by atoms with E-state index in [0.29, 0.717) is 22.5 Å². The van der Waals surface area contributed by atoms with Gasteiger partial charge in [-0.2, -0.15) is 5.26 Å². The third-order valence-electron chi connectivity index (χ3n) is 1.44. The molecule has 4 heteroatoms. The summed E-state index contributed by atoms with van der Waals surface area (Å²) in [6.45, 7) is 2.63. The summed E-state index contributed by atoms with van der Waals surface area (Å²) in [6.07, 6.45) is 2.53. The first-order valence-corrected chi connectivity index (χ1v) is 4.76. The van der Waals surface area contributed by atoms with Gasteiger partial charge < -0.3 is 4.74 Å². The van der Waals surface area contributed by atoms with Gasteiger partial charge in [-0.15, -0.1) is 0 Å². The molecule has 0 aromatic carbocycles. The standard InChI is InChI=1S/C9H9BrN2O/c1-2-5-13-8-3-4-12-9(10)7(8)6-11/h3-4H,2,5H2,1H3. The normalized spacial score (nSPS) is 9.31. The molecule has 0 aliphatic heterocycles. The summed E-state index contributed by atoms with van der Waals surface area (Å²) in [7, 11) is 0. The van der Waals surface area contributed by atoms with Gasteiger partial charge in [0, 0.05) is 6.20 Å².